The monoisotopic (exact) mass is 370 g/mol. The summed E-state index contributed by atoms with van der Waals surface area (Å²) in [6.45, 7) is 0. The van der Waals surface area contributed by atoms with E-state index >= 15 is 0 Å². The molecule has 1 heterocycles. The minimum atomic E-state index is -0.340. The summed E-state index contributed by atoms with van der Waals surface area (Å²) < 4.78 is 5.91. The number of hydrogen-bond donors (Lipinski definition) is 2. The van der Waals surface area contributed by atoms with E-state index < -0.39 is 0 Å². The van der Waals surface area contributed by atoms with Crippen molar-refractivity contribution in [1.82, 2.24) is 15.6 Å². The van der Waals surface area contributed by atoms with Gasteiger partial charge >= 0.3 is 0 Å². The smallest absolute Gasteiger partial charge is 0.290 e. The van der Waals surface area contributed by atoms with Gasteiger partial charge in [-0.3, -0.25) is 9.89 Å². The molecule has 0 unspecified atom stereocenters. The summed E-state index contributed by atoms with van der Waals surface area (Å²) in [6.07, 6.45) is 3.10. The molecule has 0 atom stereocenters. The van der Waals surface area contributed by atoms with E-state index in [1.807, 2.05) is 46.9 Å². The minimum absolute atomic E-state index is 0.340. The summed E-state index contributed by atoms with van der Waals surface area (Å²) in [5, 5.41) is 10.3. The van der Waals surface area contributed by atoms with Gasteiger partial charge in [-0.2, -0.15) is 10.2 Å². The number of H-pyrrole nitrogens is 1. The van der Waals surface area contributed by atoms with Crippen LogP contribution >= 0.6 is 22.6 Å². The van der Waals surface area contributed by atoms with Gasteiger partial charge in [-0.25, -0.2) is 5.43 Å². The lowest BCUT2D eigenvalue weighted by Gasteiger charge is -2.02. The van der Waals surface area contributed by atoms with Crippen molar-refractivity contribution in [1.29, 1.82) is 0 Å². The molecule has 0 radical (unpaired) electrons. The number of nitrogens with zero attached hydrogens (tertiary/aromatic N) is 2. The lowest BCUT2D eigenvalue weighted by molar-refractivity contribution is 0.0949. The normalized spacial score (nSPS) is 10.6. The number of carbonyl (C=O) groups is 1. The van der Waals surface area contributed by atoms with E-state index in [1.54, 1.807) is 13.3 Å². The van der Waals surface area contributed by atoms with Crippen LogP contribution in [-0.4, -0.2) is 29.4 Å². The third-order valence-corrected chi connectivity index (χ3v) is 3.15. The largest absolute Gasteiger partial charge is 0.496 e. The number of rotatable bonds is 4. The molecule has 98 valence electrons. The summed E-state index contributed by atoms with van der Waals surface area (Å²) >= 11 is 2.02. The number of nitrogens with one attached hydrogen (secondary N) is 2. The fraction of sp³-hybridized carbons (Fsp3) is 0.0833. The lowest BCUT2D eigenvalue weighted by Crippen LogP contribution is -2.19. The number of hydrogen-bond acceptors (Lipinski definition) is 4. The summed E-state index contributed by atoms with van der Waals surface area (Å²) in [5.74, 6) is 0.352. The number of carbonyl (C=O) groups excluding carboxylic acids is 1. The van der Waals surface area contributed by atoms with Crippen molar-refractivity contribution in [2.45, 2.75) is 0 Å². The molecule has 1 aromatic carbocycles. The van der Waals surface area contributed by atoms with Crippen LogP contribution in [0.4, 0.5) is 0 Å². The maximum Gasteiger partial charge on any atom is 0.290 e. The van der Waals surface area contributed by atoms with Gasteiger partial charge in [-0.1, -0.05) is 12.1 Å². The summed E-state index contributed by atoms with van der Waals surface area (Å²) in [5.41, 5.74) is 3.59. The SMILES string of the molecule is COc1ccccc1C=NNC(=O)c1[nH]ncc1I. The first kappa shape index (κ1) is 13.5. The number of methoxy groups -OCH3 is 1. The maximum atomic E-state index is 11.7. The second-order valence-electron chi connectivity index (χ2n) is 3.53. The highest BCUT2D eigenvalue weighted by molar-refractivity contribution is 14.1. The molecule has 0 bridgehead atoms. The maximum absolute atomic E-state index is 11.7. The van der Waals surface area contributed by atoms with Gasteiger partial charge in [0.1, 0.15) is 11.4 Å². The highest BCUT2D eigenvalue weighted by atomic mass is 127. The fourth-order valence-corrected chi connectivity index (χ4v) is 1.92. The molecule has 0 aliphatic carbocycles. The standard InChI is InChI=1S/C12H11IN4O2/c1-19-10-5-3-2-4-8(10)6-14-17-12(18)11-9(13)7-15-16-11/h2-7H,1H3,(H,15,16)(H,17,18). The number of aromatic amines is 1. The Balaban J connectivity index is 2.04. The molecule has 0 aliphatic rings. The first-order chi connectivity index (χ1) is 9.22. The predicted molar refractivity (Wildman–Crippen MR) is 79.4 cm³/mol. The molecule has 0 aliphatic heterocycles. The Bertz CT molecular complexity index is 609. The molecule has 0 saturated carbocycles. The number of aromatic nitrogens is 2. The average Bonchev–Trinajstić information content (AvgIpc) is 2.85. The highest BCUT2D eigenvalue weighted by Crippen LogP contribution is 2.14. The van der Waals surface area contributed by atoms with Gasteiger partial charge in [0.05, 0.1) is 23.1 Å². The van der Waals surface area contributed by atoms with Crippen molar-refractivity contribution in [3.05, 3.63) is 45.3 Å². The van der Waals surface area contributed by atoms with Crippen LogP contribution in [0, 0.1) is 3.57 Å². The summed E-state index contributed by atoms with van der Waals surface area (Å²) in [7, 11) is 1.58. The van der Waals surface area contributed by atoms with Crippen molar-refractivity contribution >= 4 is 34.7 Å². The zero-order valence-electron chi connectivity index (χ0n) is 10.1. The van der Waals surface area contributed by atoms with Crippen LogP contribution < -0.4 is 10.2 Å². The molecular weight excluding hydrogens is 359 g/mol. The first-order valence-corrected chi connectivity index (χ1v) is 6.45. The number of amides is 1. The average molecular weight is 370 g/mol. The van der Waals surface area contributed by atoms with E-state index in [4.69, 9.17) is 4.74 Å². The van der Waals surface area contributed by atoms with Crippen LogP contribution in [0.2, 0.25) is 0 Å². The molecule has 0 saturated heterocycles. The molecule has 0 fully saturated rings. The van der Waals surface area contributed by atoms with Crippen molar-refractivity contribution < 1.29 is 9.53 Å². The number of para-hydroxylation sites is 1. The van der Waals surface area contributed by atoms with Gasteiger partial charge in [0.15, 0.2) is 0 Å². The lowest BCUT2D eigenvalue weighted by atomic mass is 10.2. The van der Waals surface area contributed by atoms with E-state index in [1.165, 1.54) is 6.21 Å². The molecule has 2 rings (SSSR count). The molecular formula is C12H11IN4O2. The number of ether oxygens (including phenoxy) is 1. The number of benzene rings is 1. The Kier molecular flexibility index (Phi) is 4.50. The second kappa shape index (κ2) is 6.32. The van der Waals surface area contributed by atoms with Gasteiger partial charge in [-0.05, 0) is 34.7 Å². The second-order valence-corrected chi connectivity index (χ2v) is 4.70. The Labute approximate surface area is 123 Å². The Morgan fingerprint density at radius 2 is 2.32 bits per heavy atom. The fourth-order valence-electron chi connectivity index (χ4n) is 1.42. The van der Waals surface area contributed by atoms with Gasteiger partial charge in [0.2, 0.25) is 0 Å². The zero-order valence-corrected chi connectivity index (χ0v) is 12.2. The van der Waals surface area contributed by atoms with Crippen LogP contribution in [0.25, 0.3) is 0 Å². The molecule has 1 aromatic heterocycles. The van der Waals surface area contributed by atoms with Crippen molar-refractivity contribution in [3.8, 4) is 5.75 Å². The Morgan fingerprint density at radius 3 is 3.00 bits per heavy atom. The summed E-state index contributed by atoms with van der Waals surface area (Å²) in [4.78, 5) is 11.7. The van der Waals surface area contributed by atoms with Crippen LogP contribution in [0.1, 0.15) is 16.1 Å². The molecule has 2 N–H and O–H groups in total. The van der Waals surface area contributed by atoms with Crippen LogP contribution in [-0.2, 0) is 0 Å². The zero-order chi connectivity index (χ0) is 13.7. The van der Waals surface area contributed by atoms with Crippen molar-refractivity contribution in [2.24, 2.45) is 5.10 Å². The Morgan fingerprint density at radius 1 is 1.53 bits per heavy atom. The molecule has 6 nitrogen and oxygen atoms in total. The van der Waals surface area contributed by atoms with Gasteiger partial charge in [0.25, 0.3) is 5.91 Å². The van der Waals surface area contributed by atoms with Gasteiger partial charge in [0, 0.05) is 5.56 Å². The van der Waals surface area contributed by atoms with Crippen LogP contribution in [0.5, 0.6) is 5.75 Å². The van der Waals surface area contributed by atoms with Crippen LogP contribution in [0.15, 0.2) is 35.6 Å². The molecule has 19 heavy (non-hydrogen) atoms. The third-order valence-electron chi connectivity index (χ3n) is 2.33. The van der Waals surface area contributed by atoms with Crippen LogP contribution in [0.3, 0.4) is 0 Å². The quantitative estimate of drug-likeness (QED) is 0.489. The van der Waals surface area contributed by atoms with Gasteiger partial charge < -0.3 is 4.74 Å². The third kappa shape index (κ3) is 3.31. The molecule has 0 spiro atoms. The van der Waals surface area contributed by atoms with Crippen molar-refractivity contribution in [3.63, 3.8) is 0 Å². The predicted octanol–water partition coefficient (Wildman–Crippen LogP) is 1.79. The molecule has 1 amide bonds. The van der Waals surface area contributed by atoms with E-state index in [2.05, 4.69) is 20.7 Å². The Hall–Kier alpha value is -1.90. The summed E-state index contributed by atoms with van der Waals surface area (Å²) in [6, 6.07) is 7.39. The topological polar surface area (TPSA) is 79.4 Å². The van der Waals surface area contributed by atoms with E-state index in [0.717, 1.165) is 9.13 Å². The van der Waals surface area contributed by atoms with E-state index in [-0.39, 0.29) is 5.91 Å². The molecule has 2 aromatic rings. The number of halogens is 1. The number of hydrazone groups is 1. The minimum Gasteiger partial charge on any atom is -0.496 e. The first-order valence-electron chi connectivity index (χ1n) is 5.37. The van der Waals surface area contributed by atoms with Crippen molar-refractivity contribution in [2.75, 3.05) is 7.11 Å². The molecule has 7 heteroatoms. The van der Waals surface area contributed by atoms with Gasteiger partial charge in [-0.15, -0.1) is 0 Å². The van der Waals surface area contributed by atoms with E-state index in [9.17, 15) is 4.79 Å². The van der Waals surface area contributed by atoms with E-state index in [0.29, 0.717) is 11.4 Å². The highest BCUT2D eigenvalue weighted by Gasteiger charge is 2.10.